The normalized spacial score (nSPS) is 14.0. The molecule has 0 saturated carbocycles. The van der Waals surface area contributed by atoms with Crippen molar-refractivity contribution in [3.63, 3.8) is 0 Å². The molecule has 0 aromatic heterocycles. The van der Waals surface area contributed by atoms with Crippen molar-refractivity contribution in [3.8, 4) is 0 Å². The van der Waals surface area contributed by atoms with Gasteiger partial charge in [-0.1, -0.05) is 46.0 Å². The molecule has 0 aliphatic rings. The Morgan fingerprint density at radius 1 is 1.33 bits per heavy atom. The van der Waals surface area contributed by atoms with Crippen LogP contribution in [-0.4, -0.2) is 6.26 Å². The Morgan fingerprint density at radius 2 is 2.00 bits per heavy atom. The molecular formula is C11H22O. The summed E-state index contributed by atoms with van der Waals surface area (Å²) < 4.78 is 6.72. The number of carbonyl (C=O) groups is 1. The van der Waals surface area contributed by atoms with Crippen molar-refractivity contribution in [2.24, 2.45) is 5.92 Å². The number of carbonyl (C=O) groups excluding carboxylic acids is 1. The maximum Gasteiger partial charge on any atom is 0.119 e. The molecule has 0 N–H and O–H groups in total. The smallest absolute Gasteiger partial charge is 0.119 e. The van der Waals surface area contributed by atoms with Gasteiger partial charge in [-0.3, -0.25) is 0 Å². The molecule has 0 heterocycles. The molecule has 0 spiro atoms. The van der Waals surface area contributed by atoms with Crippen LogP contribution in [-0.2, 0) is 4.79 Å². The predicted octanol–water partition coefficient (Wildman–Crippen LogP) is 3.57. The summed E-state index contributed by atoms with van der Waals surface area (Å²) in [5, 5.41) is 0. The van der Waals surface area contributed by atoms with Gasteiger partial charge in [0.1, 0.15) is 7.63 Å². The average Bonchev–Trinajstić information content (AvgIpc) is 2.10. The van der Waals surface area contributed by atoms with E-state index in [1.165, 1.54) is 25.7 Å². The van der Waals surface area contributed by atoms with Crippen LogP contribution in [0, 0.1) is 5.92 Å². The molecular weight excluding hydrogens is 148 g/mol. The summed E-state index contributed by atoms with van der Waals surface area (Å²) in [6.07, 6.45) is 7.13. The van der Waals surface area contributed by atoms with Crippen LogP contribution < -0.4 is 0 Å². The van der Waals surface area contributed by atoms with Crippen molar-refractivity contribution in [1.29, 1.82) is 0 Å². The molecule has 1 nitrogen and oxygen atoms in total. The molecule has 0 amide bonds. The molecule has 0 rings (SSSR count). The van der Waals surface area contributed by atoms with E-state index in [1.807, 2.05) is 0 Å². The van der Waals surface area contributed by atoms with Crippen molar-refractivity contribution in [1.82, 2.24) is 0 Å². The SMILES string of the molecule is [3H]C(=O)CCCCCCC(C)CC. The van der Waals surface area contributed by atoms with E-state index < -0.39 is 6.26 Å². The van der Waals surface area contributed by atoms with Crippen LogP contribution in [0.3, 0.4) is 0 Å². The first kappa shape index (κ1) is 9.76. The lowest BCUT2D eigenvalue weighted by atomic mass is 10.0. The van der Waals surface area contributed by atoms with E-state index in [2.05, 4.69) is 13.8 Å². The van der Waals surface area contributed by atoms with Crippen LogP contribution in [0.1, 0.15) is 60.2 Å². The summed E-state index contributed by atoms with van der Waals surface area (Å²) in [6.45, 7) is 4.51. The van der Waals surface area contributed by atoms with Crippen LogP contribution in [0.25, 0.3) is 0 Å². The Morgan fingerprint density at radius 3 is 2.58 bits per heavy atom. The molecule has 0 fully saturated rings. The van der Waals surface area contributed by atoms with E-state index in [9.17, 15) is 4.79 Å². The van der Waals surface area contributed by atoms with Crippen LogP contribution in [0.2, 0.25) is 0 Å². The summed E-state index contributed by atoms with van der Waals surface area (Å²) in [5.74, 6) is 0.845. The highest BCUT2D eigenvalue weighted by atomic mass is 16.1. The number of hydrogen-bond donors (Lipinski definition) is 0. The first-order chi connectivity index (χ1) is 6.16. The fraction of sp³-hybridized carbons (Fsp3) is 0.909. The largest absolute Gasteiger partial charge is 0.303 e. The summed E-state index contributed by atoms with van der Waals surface area (Å²) in [5.41, 5.74) is 0. The standard InChI is InChI=1S/C11H22O/c1-3-11(2)9-7-5-4-6-8-10-12/h10-11H,3-9H2,1-2H3/i10T. The van der Waals surface area contributed by atoms with E-state index in [0.29, 0.717) is 6.42 Å². The Hall–Kier alpha value is -0.330. The molecule has 0 saturated heterocycles. The second-order valence-corrected chi connectivity index (χ2v) is 3.61. The fourth-order valence-electron chi connectivity index (χ4n) is 1.25. The highest BCUT2D eigenvalue weighted by molar-refractivity contribution is 5.48. The topological polar surface area (TPSA) is 17.1 Å². The van der Waals surface area contributed by atoms with Gasteiger partial charge in [0.2, 0.25) is 0 Å². The molecule has 1 unspecified atom stereocenters. The van der Waals surface area contributed by atoms with Gasteiger partial charge < -0.3 is 4.79 Å². The zero-order valence-electron chi connectivity index (χ0n) is 9.44. The molecule has 1 heteroatoms. The van der Waals surface area contributed by atoms with Gasteiger partial charge in [-0.15, -0.1) is 0 Å². The molecule has 0 radical (unpaired) electrons. The van der Waals surface area contributed by atoms with Gasteiger partial charge in [0.25, 0.3) is 0 Å². The monoisotopic (exact) mass is 172 g/mol. The highest BCUT2D eigenvalue weighted by Gasteiger charge is 1.97. The lowest BCUT2D eigenvalue weighted by molar-refractivity contribution is -0.107. The number of rotatable bonds is 8. The molecule has 12 heavy (non-hydrogen) atoms. The van der Waals surface area contributed by atoms with Gasteiger partial charge in [0, 0.05) is 6.42 Å². The Labute approximate surface area is 78.0 Å². The van der Waals surface area contributed by atoms with Gasteiger partial charge in [-0.2, -0.15) is 0 Å². The van der Waals surface area contributed by atoms with Crippen LogP contribution >= 0.6 is 0 Å². The third-order valence-corrected chi connectivity index (χ3v) is 2.42. The first-order valence-electron chi connectivity index (χ1n) is 5.66. The second kappa shape index (κ2) is 8.76. The number of unbranched alkanes of at least 4 members (excludes halogenated alkanes) is 3. The minimum Gasteiger partial charge on any atom is -0.303 e. The number of hydrogen-bond acceptors (Lipinski definition) is 1. The molecule has 0 aliphatic heterocycles. The van der Waals surface area contributed by atoms with E-state index in [1.54, 1.807) is 0 Å². The summed E-state index contributed by atoms with van der Waals surface area (Å²) in [4.78, 5) is 10.3. The van der Waals surface area contributed by atoms with Crippen molar-refractivity contribution in [2.45, 2.75) is 58.8 Å². The molecule has 1 atom stereocenters. The van der Waals surface area contributed by atoms with Gasteiger partial charge >= 0.3 is 0 Å². The maximum absolute atomic E-state index is 10.3. The molecule has 0 aromatic carbocycles. The van der Waals surface area contributed by atoms with E-state index in [0.717, 1.165) is 18.8 Å². The van der Waals surface area contributed by atoms with Crippen molar-refractivity contribution < 1.29 is 6.17 Å². The van der Waals surface area contributed by atoms with Gasteiger partial charge in [-0.05, 0) is 12.3 Å². The van der Waals surface area contributed by atoms with E-state index in [4.69, 9.17) is 1.37 Å². The predicted molar refractivity (Wildman–Crippen MR) is 53.2 cm³/mol. The van der Waals surface area contributed by atoms with Crippen LogP contribution in [0.5, 0.6) is 0 Å². The van der Waals surface area contributed by atoms with Crippen LogP contribution in [0.15, 0.2) is 0 Å². The summed E-state index contributed by atoms with van der Waals surface area (Å²) in [6, 6.07) is 0. The zero-order valence-corrected chi connectivity index (χ0v) is 8.44. The summed E-state index contributed by atoms with van der Waals surface area (Å²) >= 11 is 0. The zero-order chi connectivity index (χ0) is 10.1. The Balaban J connectivity index is 3.04. The molecule has 0 bridgehead atoms. The van der Waals surface area contributed by atoms with Gasteiger partial charge in [0.15, 0.2) is 0 Å². The fourth-order valence-corrected chi connectivity index (χ4v) is 1.25. The Kier molecular flexibility index (Phi) is 7.12. The quantitative estimate of drug-likeness (QED) is 0.404. The van der Waals surface area contributed by atoms with Crippen molar-refractivity contribution in [3.05, 3.63) is 0 Å². The van der Waals surface area contributed by atoms with Crippen molar-refractivity contribution >= 4 is 6.26 Å². The highest BCUT2D eigenvalue weighted by Crippen LogP contribution is 2.13. The first-order valence-corrected chi connectivity index (χ1v) is 5.16. The van der Waals surface area contributed by atoms with E-state index in [-0.39, 0.29) is 0 Å². The molecule has 0 aliphatic carbocycles. The molecule has 0 aromatic rings. The summed E-state index contributed by atoms with van der Waals surface area (Å²) in [7, 11) is 0. The molecule has 72 valence electrons. The van der Waals surface area contributed by atoms with Gasteiger partial charge in [-0.25, -0.2) is 0 Å². The third-order valence-electron chi connectivity index (χ3n) is 2.42. The average molecular weight is 172 g/mol. The number of aldehydes is 1. The van der Waals surface area contributed by atoms with Crippen LogP contribution in [0.4, 0.5) is 0 Å². The third kappa shape index (κ3) is 7.77. The maximum atomic E-state index is 10.3. The minimum atomic E-state index is -0.415. The lowest BCUT2D eigenvalue weighted by Crippen LogP contribution is -1.91. The minimum absolute atomic E-state index is 0.415. The van der Waals surface area contributed by atoms with Gasteiger partial charge in [0.05, 0.1) is 0 Å². The lowest BCUT2D eigenvalue weighted by Gasteiger charge is -2.06. The second-order valence-electron chi connectivity index (χ2n) is 3.61. The Bertz CT molecular complexity index is 134. The van der Waals surface area contributed by atoms with E-state index >= 15 is 0 Å². The van der Waals surface area contributed by atoms with Crippen molar-refractivity contribution in [2.75, 3.05) is 0 Å².